The second kappa shape index (κ2) is 8.37. The van der Waals surface area contributed by atoms with Crippen LogP contribution in [0.15, 0.2) is 23.8 Å². The van der Waals surface area contributed by atoms with Gasteiger partial charge >= 0.3 is 5.97 Å². The average molecular weight is 555 g/mol. The van der Waals surface area contributed by atoms with Gasteiger partial charge in [-0.1, -0.05) is 25.5 Å². The molecule has 4 bridgehead atoms. The minimum Gasteiger partial charge on any atom is -0.457 e. The van der Waals surface area contributed by atoms with Gasteiger partial charge in [-0.25, -0.2) is 4.39 Å². The van der Waals surface area contributed by atoms with E-state index >= 15 is 4.39 Å². The zero-order chi connectivity index (χ0) is 28.5. The maximum Gasteiger partial charge on any atom is 0.312 e. The van der Waals surface area contributed by atoms with Crippen molar-refractivity contribution in [2.24, 2.45) is 51.8 Å². The summed E-state index contributed by atoms with van der Waals surface area (Å²) in [6.45, 7) is 4.92. The van der Waals surface area contributed by atoms with Gasteiger partial charge in [0.1, 0.15) is 5.60 Å². The number of fused-ring (bicyclic) bond motifs is 5. The Bertz CT molecular complexity index is 1200. The van der Waals surface area contributed by atoms with Crippen molar-refractivity contribution in [1.29, 1.82) is 0 Å². The number of hydrogen-bond acceptors (Lipinski definition) is 6. The van der Waals surface area contributed by atoms with Crippen molar-refractivity contribution in [2.45, 2.75) is 102 Å². The third-order valence-electron chi connectivity index (χ3n) is 13.5. The van der Waals surface area contributed by atoms with Crippen LogP contribution in [0.2, 0.25) is 0 Å². The molecule has 7 heteroatoms. The van der Waals surface area contributed by atoms with Gasteiger partial charge in [0, 0.05) is 16.7 Å². The van der Waals surface area contributed by atoms with Crippen LogP contribution in [-0.2, 0) is 19.1 Å². The van der Waals surface area contributed by atoms with Crippen molar-refractivity contribution in [2.75, 3.05) is 6.61 Å². The van der Waals surface area contributed by atoms with Crippen molar-refractivity contribution < 1.29 is 33.7 Å². The molecule has 0 saturated heterocycles. The van der Waals surface area contributed by atoms with E-state index in [0.29, 0.717) is 42.6 Å². The number of alkyl halides is 1. The molecule has 0 aromatic heterocycles. The number of rotatable bonds is 4. The number of carbonyl (C=O) groups excluding carboxylic acids is 3. The zero-order valence-corrected chi connectivity index (χ0v) is 24.0. The first-order valence-corrected chi connectivity index (χ1v) is 15.5. The van der Waals surface area contributed by atoms with Crippen LogP contribution in [-0.4, -0.2) is 51.7 Å². The molecule has 2 N–H and O–H groups in total. The summed E-state index contributed by atoms with van der Waals surface area (Å²) in [4.78, 5) is 39.4. The van der Waals surface area contributed by atoms with Gasteiger partial charge < -0.3 is 14.9 Å². The van der Waals surface area contributed by atoms with Crippen LogP contribution in [0.5, 0.6) is 0 Å². The highest BCUT2D eigenvalue weighted by atomic mass is 19.1. The lowest BCUT2D eigenvalue weighted by Crippen LogP contribution is -2.69. The highest BCUT2D eigenvalue weighted by Crippen LogP contribution is 2.70. The van der Waals surface area contributed by atoms with Crippen molar-refractivity contribution in [3.8, 4) is 0 Å². The predicted octanol–water partition coefficient (Wildman–Crippen LogP) is 4.66. The fourth-order valence-electron chi connectivity index (χ4n) is 11.9. The summed E-state index contributed by atoms with van der Waals surface area (Å²) in [6, 6.07) is 0. The monoisotopic (exact) mass is 554 g/mol. The molecule has 6 nitrogen and oxygen atoms in total. The van der Waals surface area contributed by atoms with Crippen LogP contribution in [0.3, 0.4) is 0 Å². The summed E-state index contributed by atoms with van der Waals surface area (Å²) >= 11 is 0. The first-order chi connectivity index (χ1) is 18.8. The number of halogens is 1. The number of hydrogen-bond donors (Lipinski definition) is 2. The molecular weight excluding hydrogens is 511 g/mol. The minimum absolute atomic E-state index is 0.0785. The summed E-state index contributed by atoms with van der Waals surface area (Å²) in [5.74, 6) is -0.674. The molecule has 0 radical (unpaired) electrons. The first kappa shape index (κ1) is 27.0. The van der Waals surface area contributed by atoms with Crippen LogP contribution >= 0.6 is 0 Å². The SMILES string of the molecule is C[C@H]1C[C@H]2[C@@H]3CCC4=CC(=O)C=C[C@]4(C)[C@@]3(F)[C@H](O)C[C@]2(C)[C@@]1(O)C(=O)COC(=O)C12CC3CC(CC(C3)C1)C2. The molecule has 40 heavy (non-hydrogen) atoms. The highest BCUT2D eigenvalue weighted by molar-refractivity contribution is 6.01. The smallest absolute Gasteiger partial charge is 0.312 e. The number of ketones is 2. The molecule has 8 aliphatic rings. The second-order valence-corrected chi connectivity index (χ2v) is 15.4. The Morgan fingerprint density at radius 2 is 1.65 bits per heavy atom. The van der Waals surface area contributed by atoms with E-state index in [2.05, 4.69) is 0 Å². The van der Waals surface area contributed by atoms with Gasteiger partial charge in [-0.2, -0.15) is 0 Å². The molecule has 0 spiro atoms. The summed E-state index contributed by atoms with van der Waals surface area (Å²) in [5, 5.41) is 23.7. The van der Waals surface area contributed by atoms with Crippen LogP contribution in [0.4, 0.5) is 4.39 Å². The molecule has 7 fully saturated rings. The van der Waals surface area contributed by atoms with Gasteiger partial charge in [0.2, 0.25) is 5.78 Å². The summed E-state index contributed by atoms with van der Waals surface area (Å²) in [5.41, 5.74) is -5.82. The lowest BCUT2D eigenvalue weighted by Gasteiger charge is -2.62. The third kappa shape index (κ3) is 3.20. The van der Waals surface area contributed by atoms with E-state index in [9.17, 15) is 24.6 Å². The third-order valence-corrected chi connectivity index (χ3v) is 13.5. The normalized spacial score (nSPS) is 53.9. The van der Waals surface area contributed by atoms with E-state index in [1.807, 2.05) is 13.8 Å². The molecule has 218 valence electrons. The molecule has 8 rings (SSSR count). The van der Waals surface area contributed by atoms with Crippen LogP contribution < -0.4 is 0 Å². The molecule has 0 aromatic rings. The number of aliphatic hydroxyl groups is 2. The molecule has 0 amide bonds. The maximum atomic E-state index is 17.4. The topological polar surface area (TPSA) is 101 Å². The maximum absolute atomic E-state index is 17.4. The Labute approximate surface area is 235 Å². The Morgan fingerprint density at radius 1 is 1.02 bits per heavy atom. The number of carbonyl (C=O) groups is 3. The van der Waals surface area contributed by atoms with Crippen molar-refractivity contribution in [3.63, 3.8) is 0 Å². The molecule has 0 aromatic carbocycles. The van der Waals surface area contributed by atoms with E-state index in [4.69, 9.17) is 4.74 Å². The molecule has 0 heterocycles. The highest BCUT2D eigenvalue weighted by Gasteiger charge is 2.75. The van der Waals surface area contributed by atoms with Gasteiger partial charge in [-0.05, 0) is 113 Å². The average Bonchev–Trinajstić information content (AvgIpc) is 3.09. The van der Waals surface area contributed by atoms with E-state index < -0.39 is 57.8 Å². The lowest BCUT2D eigenvalue weighted by atomic mass is 9.44. The number of esters is 1. The Kier molecular flexibility index (Phi) is 5.65. The Balaban J connectivity index is 1.14. The van der Waals surface area contributed by atoms with E-state index in [0.717, 1.165) is 19.3 Å². The van der Waals surface area contributed by atoms with E-state index in [-0.39, 0.29) is 24.1 Å². The lowest BCUT2D eigenvalue weighted by molar-refractivity contribution is -0.220. The fourth-order valence-corrected chi connectivity index (χ4v) is 11.9. The molecule has 8 aliphatic carbocycles. The first-order valence-electron chi connectivity index (χ1n) is 15.5. The predicted molar refractivity (Wildman–Crippen MR) is 144 cm³/mol. The van der Waals surface area contributed by atoms with Crippen molar-refractivity contribution in [3.05, 3.63) is 23.8 Å². The molecule has 0 aliphatic heterocycles. The number of ether oxygens (including phenoxy) is 1. The Hall–Kier alpha value is -1.86. The van der Waals surface area contributed by atoms with Gasteiger partial charge in [0.25, 0.3) is 0 Å². The van der Waals surface area contributed by atoms with Gasteiger partial charge in [0.05, 0.1) is 11.5 Å². The van der Waals surface area contributed by atoms with Gasteiger partial charge in [0.15, 0.2) is 18.1 Å². The van der Waals surface area contributed by atoms with Crippen LogP contribution in [0.1, 0.15) is 85.0 Å². The van der Waals surface area contributed by atoms with E-state index in [1.54, 1.807) is 13.0 Å². The largest absolute Gasteiger partial charge is 0.457 e. The van der Waals surface area contributed by atoms with Crippen molar-refractivity contribution in [1.82, 2.24) is 0 Å². The Morgan fingerprint density at radius 3 is 2.27 bits per heavy atom. The van der Waals surface area contributed by atoms with Gasteiger partial charge in [-0.15, -0.1) is 0 Å². The number of aliphatic hydroxyl groups excluding tert-OH is 1. The number of Topliss-reactive ketones (excluding diaryl/α,β-unsaturated/α-hetero) is 1. The van der Waals surface area contributed by atoms with Crippen LogP contribution in [0.25, 0.3) is 0 Å². The second-order valence-electron chi connectivity index (χ2n) is 15.4. The number of allylic oxidation sites excluding steroid dienone is 4. The van der Waals surface area contributed by atoms with Crippen LogP contribution in [0, 0.1) is 51.8 Å². The summed E-state index contributed by atoms with van der Waals surface area (Å²) in [7, 11) is 0. The summed E-state index contributed by atoms with van der Waals surface area (Å²) < 4.78 is 23.1. The van der Waals surface area contributed by atoms with Gasteiger partial charge in [-0.3, -0.25) is 14.4 Å². The summed E-state index contributed by atoms with van der Waals surface area (Å²) in [6.07, 6.45) is 10.5. The molecule has 7 saturated carbocycles. The fraction of sp³-hybridized carbons (Fsp3) is 0.788. The van der Waals surface area contributed by atoms with Crippen molar-refractivity contribution >= 4 is 17.5 Å². The molecular formula is C33H43FO6. The minimum atomic E-state index is -2.02. The molecule has 8 atom stereocenters. The zero-order valence-electron chi connectivity index (χ0n) is 24.0. The molecule has 0 unspecified atom stereocenters. The quantitative estimate of drug-likeness (QED) is 0.490. The van der Waals surface area contributed by atoms with E-state index in [1.165, 1.54) is 31.4 Å². The standard InChI is InChI=1S/C33H43FO6/c1-18-8-25-24-5-4-22-12-23(35)6-7-29(22,2)32(24,34)26(36)16-30(25,3)33(18,39)27(37)17-40-28(38)31-13-19-9-20(14-31)11-21(10-19)15-31/h6-7,12,18-21,24-26,36,39H,4-5,8-11,13-17H2,1-3H3/t18-,19?,20?,21?,24-,25-,26+,29-,30-,31?,32-,33-/m0/s1.